The number of thioether (sulfide) groups is 1. The van der Waals surface area contributed by atoms with E-state index in [1.807, 2.05) is 13.0 Å². The molecule has 0 N–H and O–H groups in total. The molecule has 0 atom stereocenters. The average molecular weight is 203 g/mol. The summed E-state index contributed by atoms with van der Waals surface area (Å²) in [7, 11) is 0. The lowest BCUT2D eigenvalue weighted by Gasteiger charge is -1.99. The number of alkyl halides is 1. The molecule has 1 rings (SSSR count). The highest BCUT2D eigenvalue weighted by Gasteiger charge is 2.01. The standard InChI is InChI=1S/C9H11ClOS/c1-7(5-10)6-12-9-3-4-11-8(9)2/h3-4H,1,5-6H2,2H3. The molecule has 0 aliphatic rings. The molecule has 12 heavy (non-hydrogen) atoms. The Balaban J connectivity index is 2.43. The highest BCUT2D eigenvalue weighted by atomic mass is 35.5. The molecule has 1 nitrogen and oxygen atoms in total. The number of hydrogen-bond donors (Lipinski definition) is 0. The molecular weight excluding hydrogens is 192 g/mol. The first kappa shape index (κ1) is 9.75. The molecule has 0 saturated carbocycles. The molecule has 1 aromatic rings. The van der Waals surface area contributed by atoms with Crippen LogP contribution in [-0.4, -0.2) is 11.6 Å². The van der Waals surface area contributed by atoms with Gasteiger partial charge in [-0.25, -0.2) is 0 Å². The van der Waals surface area contributed by atoms with Crippen molar-refractivity contribution < 1.29 is 4.42 Å². The van der Waals surface area contributed by atoms with Gasteiger partial charge >= 0.3 is 0 Å². The van der Waals surface area contributed by atoms with Gasteiger partial charge in [0.15, 0.2) is 0 Å². The third-order valence-electron chi connectivity index (χ3n) is 1.43. The van der Waals surface area contributed by atoms with Crippen molar-refractivity contribution >= 4 is 23.4 Å². The molecule has 0 aliphatic heterocycles. The molecule has 0 bridgehead atoms. The molecule has 1 aromatic heterocycles. The van der Waals surface area contributed by atoms with Gasteiger partial charge in [-0.1, -0.05) is 12.2 Å². The molecule has 0 unspecified atom stereocenters. The zero-order valence-electron chi connectivity index (χ0n) is 6.97. The van der Waals surface area contributed by atoms with Crippen molar-refractivity contribution in [1.82, 2.24) is 0 Å². The minimum absolute atomic E-state index is 0.532. The largest absolute Gasteiger partial charge is 0.468 e. The van der Waals surface area contributed by atoms with Crippen LogP contribution in [-0.2, 0) is 0 Å². The van der Waals surface area contributed by atoms with Crippen molar-refractivity contribution in [3.63, 3.8) is 0 Å². The zero-order chi connectivity index (χ0) is 8.97. The number of aryl methyl sites for hydroxylation is 1. The minimum atomic E-state index is 0.532. The van der Waals surface area contributed by atoms with E-state index in [0.29, 0.717) is 5.88 Å². The molecule has 0 fully saturated rings. The Kier molecular flexibility index (Phi) is 3.76. The summed E-state index contributed by atoms with van der Waals surface area (Å²) in [6.07, 6.45) is 1.70. The fraction of sp³-hybridized carbons (Fsp3) is 0.333. The smallest absolute Gasteiger partial charge is 0.114 e. The maximum Gasteiger partial charge on any atom is 0.114 e. The van der Waals surface area contributed by atoms with E-state index < -0.39 is 0 Å². The number of furan rings is 1. The Morgan fingerprint density at radius 3 is 3.00 bits per heavy atom. The van der Waals surface area contributed by atoms with Crippen LogP contribution in [0.2, 0.25) is 0 Å². The summed E-state index contributed by atoms with van der Waals surface area (Å²) in [5.74, 6) is 2.36. The fourth-order valence-electron chi connectivity index (χ4n) is 0.741. The highest BCUT2D eigenvalue weighted by Crippen LogP contribution is 2.24. The molecule has 0 saturated heterocycles. The third-order valence-corrected chi connectivity index (χ3v) is 3.10. The Labute approximate surface area is 81.8 Å². The average Bonchev–Trinajstić information content (AvgIpc) is 2.47. The van der Waals surface area contributed by atoms with Crippen LogP contribution in [0.3, 0.4) is 0 Å². The second-order valence-electron chi connectivity index (χ2n) is 2.51. The maximum atomic E-state index is 5.60. The molecule has 3 heteroatoms. The van der Waals surface area contributed by atoms with E-state index in [-0.39, 0.29) is 0 Å². The van der Waals surface area contributed by atoms with Crippen molar-refractivity contribution in [1.29, 1.82) is 0 Å². The third kappa shape index (κ3) is 2.61. The quantitative estimate of drug-likeness (QED) is 0.421. The van der Waals surface area contributed by atoms with Crippen LogP contribution in [0.15, 0.2) is 33.8 Å². The lowest BCUT2D eigenvalue weighted by atomic mass is 10.4. The number of halogens is 1. The second-order valence-corrected chi connectivity index (χ2v) is 3.80. The summed E-state index contributed by atoms with van der Waals surface area (Å²) >= 11 is 7.30. The molecule has 0 amide bonds. The fourth-order valence-corrected chi connectivity index (χ4v) is 1.81. The van der Waals surface area contributed by atoms with Crippen LogP contribution in [0.25, 0.3) is 0 Å². The minimum Gasteiger partial charge on any atom is -0.468 e. The van der Waals surface area contributed by atoms with E-state index >= 15 is 0 Å². The number of hydrogen-bond acceptors (Lipinski definition) is 2. The lowest BCUT2D eigenvalue weighted by Crippen LogP contribution is -1.85. The number of rotatable bonds is 4. The van der Waals surface area contributed by atoms with Gasteiger partial charge in [0.05, 0.1) is 6.26 Å². The van der Waals surface area contributed by atoms with Gasteiger partial charge in [-0.05, 0) is 13.0 Å². The van der Waals surface area contributed by atoms with Gasteiger partial charge in [0.25, 0.3) is 0 Å². The van der Waals surface area contributed by atoms with Gasteiger partial charge in [0.1, 0.15) is 5.76 Å². The van der Waals surface area contributed by atoms with Crippen molar-refractivity contribution in [2.24, 2.45) is 0 Å². The van der Waals surface area contributed by atoms with Gasteiger partial charge in [-0.2, -0.15) is 0 Å². The molecule has 66 valence electrons. The SMILES string of the molecule is C=C(CCl)CSc1ccoc1C. The van der Waals surface area contributed by atoms with Crippen molar-refractivity contribution in [2.75, 3.05) is 11.6 Å². The van der Waals surface area contributed by atoms with Gasteiger partial charge in [-0.3, -0.25) is 0 Å². The van der Waals surface area contributed by atoms with E-state index in [1.54, 1.807) is 18.0 Å². The van der Waals surface area contributed by atoms with Crippen molar-refractivity contribution in [3.8, 4) is 0 Å². The molecule has 0 radical (unpaired) electrons. The van der Waals surface area contributed by atoms with Crippen molar-refractivity contribution in [3.05, 3.63) is 30.2 Å². The summed E-state index contributed by atoms with van der Waals surface area (Å²) < 4.78 is 5.15. The topological polar surface area (TPSA) is 13.1 Å². The van der Waals surface area contributed by atoms with E-state index in [9.17, 15) is 0 Å². The van der Waals surface area contributed by atoms with Gasteiger partial charge in [0, 0.05) is 16.5 Å². The van der Waals surface area contributed by atoms with Gasteiger partial charge in [0.2, 0.25) is 0 Å². The molecular formula is C9H11ClOS. The highest BCUT2D eigenvalue weighted by molar-refractivity contribution is 7.99. The second kappa shape index (κ2) is 4.63. The predicted molar refractivity (Wildman–Crippen MR) is 54.0 cm³/mol. The molecule has 0 aromatic carbocycles. The van der Waals surface area contributed by atoms with Crippen LogP contribution in [0.5, 0.6) is 0 Å². The van der Waals surface area contributed by atoms with Gasteiger partial charge < -0.3 is 4.42 Å². The first-order valence-electron chi connectivity index (χ1n) is 3.63. The Morgan fingerprint density at radius 2 is 2.50 bits per heavy atom. The van der Waals surface area contributed by atoms with E-state index in [1.165, 1.54) is 4.90 Å². The predicted octanol–water partition coefficient (Wildman–Crippen LogP) is 3.48. The Hall–Kier alpha value is -0.340. The van der Waals surface area contributed by atoms with E-state index in [2.05, 4.69) is 6.58 Å². The van der Waals surface area contributed by atoms with E-state index in [0.717, 1.165) is 17.1 Å². The van der Waals surface area contributed by atoms with Crippen LogP contribution in [0.4, 0.5) is 0 Å². The maximum absolute atomic E-state index is 5.60. The first-order valence-corrected chi connectivity index (χ1v) is 5.15. The normalized spacial score (nSPS) is 10.2. The monoisotopic (exact) mass is 202 g/mol. The summed E-state index contributed by atoms with van der Waals surface area (Å²) in [5, 5.41) is 0. The molecule has 1 heterocycles. The van der Waals surface area contributed by atoms with Crippen LogP contribution in [0.1, 0.15) is 5.76 Å². The van der Waals surface area contributed by atoms with Crippen LogP contribution < -0.4 is 0 Å². The van der Waals surface area contributed by atoms with Crippen molar-refractivity contribution in [2.45, 2.75) is 11.8 Å². The van der Waals surface area contributed by atoms with E-state index in [4.69, 9.17) is 16.0 Å². The summed E-state index contributed by atoms with van der Waals surface area (Å²) in [6, 6.07) is 1.96. The van der Waals surface area contributed by atoms with Crippen LogP contribution in [0, 0.1) is 6.92 Å². The molecule has 0 spiro atoms. The first-order chi connectivity index (χ1) is 5.74. The lowest BCUT2D eigenvalue weighted by molar-refractivity contribution is 0.527. The Morgan fingerprint density at radius 1 is 1.75 bits per heavy atom. The summed E-state index contributed by atoms with van der Waals surface area (Å²) in [4.78, 5) is 1.17. The summed E-state index contributed by atoms with van der Waals surface area (Å²) in [5.41, 5.74) is 1.04. The summed E-state index contributed by atoms with van der Waals surface area (Å²) in [6.45, 7) is 5.77. The van der Waals surface area contributed by atoms with Crippen LogP contribution >= 0.6 is 23.4 Å². The molecule has 0 aliphatic carbocycles. The van der Waals surface area contributed by atoms with Gasteiger partial charge in [-0.15, -0.1) is 23.4 Å². The Bertz CT molecular complexity index is 267. The zero-order valence-corrected chi connectivity index (χ0v) is 8.54.